The summed E-state index contributed by atoms with van der Waals surface area (Å²) in [6.45, 7) is 1.88. The standard InChI is InChI=1S/C33H23ClN2O6S/c1-2-41-32(40)27-28(20-6-4-3-5-7-20)35-33-36(29(27)21-12-14-23(34)15-13-21)30(37)26(43-33)18-24-16-17-25(42-24)19-8-10-22(11-9-19)31(38)39/h3-18,29H,2H2,1H3,(H,38,39)/b26-18+/t29-/m1/s1. The Balaban J connectivity index is 1.52. The molecular weight excluding hydrogens is 588 g/mol. The third-order valence-electron chi connectivity index (χ3n) is 6.88. The number of carbonyl (C=O) groups is 2. The monoisotopic (exact) mass is 610 g/mol. The van der Waals surface area contributed by atoms with E-state index in [4.69, 9.17) is 30.9 Å². The molecule has 10 heteroatoms. The molecule has 0 amide bonds. The first-order valence-electron chi connectivity index (χ1n) is 13.3. The summed E-state index contributed by atoms with van der Waals surface area (Å²) >= 11 is 7.37. The fourth-order valence-corrected chi connectivity index (χ4v) is 6.00. The zero-order valence-corrected chi connectivity index (χ0v) is 24.3. The third-order valence-corrected chi connectivity index (χ3v) is 8.11. The number of carboxylic acids is 1. The van der Waals surface area contributed by atoms with Crippen LogP contribution in [0.3, 0.4) is 0 Å². The summed E-state index contributed by atoms with van der Waals surface area (Å²) in [6.07, 6.45) is 1.63. The second-order valence-electron chi connectivity index (χ2n) is 9.57. The highest BCUT2D eigenvalue weighted by Gasteiger charge is 2.35. The van der Waals surface area contributed by atoms with E-state index in [2.05, 4.69) is 0 Å². The molecule has 1 atom stereocenters. The van der Waals surface area contributed by atoms with E-state index in [0.717, 1.165) is 0 Å². The number of hydrogen-bond acceptors (Lipinski definition) is 7. The number of rotatable bonds is 7. The topological polar surface area (TPSA) is 111 Å². The van der Waals surface area contributed by atoms with Gasteiger partial charge in [0.15, 0.2) is 4.80 Å². The van der Waals surface area contributed by atoms with Gasteiger partial charge in [0.2, 0.25) is 0 Å². The number of aromatic nitrogens is 1. The summed E-state index contributed by atoms with van der Waals surface area (Å²) in [5.74, 6) is -0.631. The normalized spacial score (nSPS) is 14.7. The second-order valence-corrected chi connectivity index (χ2v) is 11.0. The molecule has 0 fully saturated rings. The molecule has 8 nitrogen and oxygen atoms in total. The number of carbonyl (C=O) groups excluding carboxylic acids is 1. The highest BCUT2D eigenvalue weighted by Crippen LogP contribution is 2.35. The fourth-order valence-electron chi connectivity index (χ4n) is 4.89. The summed E-state index contributed by atoms with van der Waals surface area (Å²) in [7, 11) is 0. The molecule has 1 N–H and O–H groups in total. The van der Waals surface area contributed by atoms with Gasteiger partial charge in [-0.15, -0.1) is 0 Å². The maximum Gasteiger partial charge on any atom is 0.338 e. The number of esters is 1. The van der Waals surface area contributed by atoms with Crippen LogP contribution < -0.4 is 14.9 Å². The lowest BCUT2D eigenvalue weighted by atomic mass is 9.93. The number of halogens is 1. The smallest absolute Gasteiger partial charge is 0.338 e. The van der Waals surface area contributed by atoms with Crippen LogP contribution in [0.5, 0.6) is 0 Å². The summed E-state index contributed by atoms with van der Waals surface area (Å²) in [5, 5.41) is 9.69. The van der Waals surface area contributed by atoms with Crippen molar-refractivity contribution in [3.8, 4) is 11.3 Å². The molecule has 0 saturated heterocycles. The Morgan fingerprint density at radius 3 is 2.40 bits per heavy atom. The Morgan fingerprint density at radius 2 is 1.72 bits per heavy atom. The number of thiazole rings is 1. The van der Waals surface area contributed by atoms with E-state index in [1.165, 1.54) is 28.0 Å². The SMILES string of the molecule is CCOC(=O)C1=C(c2ccccc2)N=c2s/c(=C/c3ccc(-c4ccc(C(=O)O)cc4)o3)c(=O)n2[C@@H]1c1ccc(Cl)cc1. The Kier molecular flexibility index (Phi) is 7.67. The fraction of sp³-hybridized carbons (Fsp3) is 0.0909. The van der Waals surface area contributed by atoms with E-state index >= 15 is 0 Å². The molecule has 43 heavy (non-hydrogen) atoms. The van der Waals surface area contributed by atoms with E-state index in [9.17, 15) is 14.4 Å². The van der Waals surface area contributed by atoms with Gasteiger partial charge in [-0.1, -0.05) is 77.5 Å². The molecule has 3 heterocycles. The van der Waals surface area contributed by atoms with E-state index in [1.54, 1.807) is 61.5 Å². The maximum absolute atomic E-state index is 14.0. The predicted octanol–water partition coefficient (Wildman–Crippen LogP) is 5.55. The van der Waals surface area contributed by atoms with Gasteiger partial charge in [-0.05, 0) is 48.9 Å². The Bertz CT molecular complexity index is 2060. The predicted molar refractivity (Wildman–Crippen MR) is 164 cm³/mol. The third kappa shape index (κ3) is 5.48. The quantitative estimate of drug-likeness (QED) is 0.242. The first-order valence-corrected chi connectivity index (χ1v) is 14.5. The summed E-state index contributed by atoms with van der Waals surface area (Å²) < 4.78 is 13.3. The van der Waals surface area contributed by atoms with Crippen molar-refractivity contribution < 1.29 is 23.8 Å². The molecule has 2 aromatic heterocycles. The highest BCUT2D eigenvalue weighted by atomic mass is 35.5. The van der Waals surface area contributed by atoms with Crippen molar-refractivity contribution in [3.05, 3.63) is 144 Å². The van der Waals surface area contributed by atoms with Crippen LogP contribution in [-0.4, -0.2) is 28.2 Å². The number of ether oxygens (including phenoxy) is 1. The number of nitrogens with zero attached hydrogens (tertiary/aromatic N) is 2. The van der Waals surface area contributed by atoms with Gasteiger partial charge < -0.3 is 14.3 Å². The molecule has 0 spiro atoms. The molecule has 0 aliphatic carbocycles. The number of hydrogen-bond donors (Lipinski definition) is 1. The van der Waals surface area contributed by atoms with Crippen molar-refractivity contribution in [2.24, 2.45) is 4.99 Å². The molecule has 1 aliphatic rings. The van der Waals surface area contributed by atoms with Crippen molar-refractivity contribution in [1.82, 2.24) is 4.57 Å². The van der Waals surface area contributed by atoms with E-state index in [-0.39, 0.29) is 23.3 Å². The van der Waals surface area contributed by atoms with Crippen molar-refractivity contribution in [3.63, 3.8) is 0 Å². The zero-order chi connectivity index (χ0) is 30.1. The number of carboxylic acid groups (broad SMARTS) is 1. The van der Waals surface area contributed by atoms with Crippen molar-refractivity contribution in [2.45, 2.75) is 13.0 Å². The average molecular weight is 611 g/mol. The van der Waals surface area contributed by atoms with Gasteiger partial charge in [-0.3, -0.25) is 9.36 Å². The molecule has 0 radical (unpaired) electrons. The Labute approximate surface area is 254 Å². The van der Waals surface area contributed by atoms with Crippen molar-refractivity contribution >= 4 is 46.6 Å². The molecule has 3 aromatic carbocycles. The first-order chi connectivity index (χ1) is 20.8. The minimum absolute atomic E-state index is 0.155. The van der Waals surface area contributed by atoms with Crippen LogP contribution in [0, 0.1) is 0 Å². The van der Waals surface area contributed by atoms with Gasteiger partial charge in [-0.25, -0.2) is 14.6 Å². The average Bonchev–Trinajstić information content (AvgIpc) is 3.61. The largest absolute Gasteiger partial charge is 0.478 e. The molecule has 0 saturated carbocycles. The zero-order valence-electron chi connectivity index (χ0n) is 22.7. The van der Waals surface area contributed by atoms with Gasteiger partial charge in [0.25, 0.3) is 5.56 Å². The molecular formula is C33H23ClN2O6S. The van der Waals surface area contributed by atoms with Crippen LogP contribution in [0.25, 0.3) is 23.1 Å². The summed E-state index contributed by atoms with van der Waals surface area (Å²) in [4.78, 5) is 43.9. The van der Waals surface area contributed by atoms with Crippen LogP contribution in [-0.2, 0) is 9.53 Å². The maximum atomic E-state index is 14.0. The molecule has 0 unspecified atom stereocenters. The minimum Gasteiger partial charge on any atom is -0.478 e. The number of aromatic carboxylic acids is 1. The van der Waals surface area contributed by atoms with Gasteiger partial charge in [0.1, 0.15) is 11.5 Å². The van der Waals surface area contributed by atoms with E-state index in [1.807, 2.05) is 30.3 Å². The molecule has 6 rings (SSSR count). The van der Waals surface area contributed by atoms with Crippen LogP contribution >= 0.6 is 22.9 Å². The lowest BCUT2D eigenvalue weighted by Gasteiger charge is -2.25. The first kappa shape index (κ1) is 28.1. The van der Waals surface area contributed by atoms with Crippen LogP contribution in [0.2, 0.25) is 5.02 Å². The van der Waals surface area contributed by atoms with Crippen molar-refractivity contribution in [1.29, 1.82) is 0 Å². The highest BCUT2D eigenvalue weighted by molar-refractivity contribution is 7.07. The van der Waals surface area contributed by atoms with Crippen LogP contribution in [0.4, 0.5) is 0 Å². The lowest BCUT2D eigenvalue weighted by Crippen LogP contribution is -2.39. The molecule has 214 valence electrons. The van der Waals surface area contributed by atoms with Gasteiger partial charge in [0, 0.05) is 22.2 Å². The summed E-state index contributed by atoms with van der Waals surface area (Å²) in [6, 6.07) is 25.3. The van der Waals surface area contributed by atoms with Crippen LogP contribution in [0.1, 0.15) is 40.2 Å². The number of benzene rings is 3. The Morgan fingerprint density at radius 1 is 1.00 bits per heavy atom. The lowest BCUT2D eigenvalue weighted by molar-refractivity contribution is -0.138. The summed E-state index contributed by atoms with van der Waals surface area (Å²) in [5.41, 5.74) is 2.59. The minimum atomic E-state index is -1.01. The van der Waals surface area contributed by atoms with Gasteiger partial charge in [0.05, 0.1) is 34.0 Å². The van der Waals surface area contributed by atoms with E-state index in [0.29, 0.717) is 48.3 Å². The van der Waals surface area contributed by atoms with E-state index < -0.39 is 18.0 Å². The second kappa shape index (κ2) is 11.7. The van der Waals surface area contributed by atoms with Crippen molar-refractivity contribution in [2.75, 3.05) is 6.61 Å². The molecule has 1 aliphatic heterocycles. The molecule has 0 bridgehead atoms. The molecule has 5 aromatic rings. The Hall–Kier alpha value is -4.99. The van der Waals surface area contributed by atoms with Gasteiger partial charge >= 0.3 is 11.9 Å². The van der Waals surface area contributed by atoms with Gasteiger partial charge in [-0.2, -0.15) is 0 Å². The number of fused-ring (bicyclic) bond motifs is 1. The van der Waals surface area contributed by atoms with Crippen LogP contribution in [0.15, 0.2) is 111 Å². The number of furan rings is 1.